The van der Waals surface area contributed by atoms with Crippen LogP contribution in [0.5, 0.6) is 5.75 Å². The number of aromatic nitrogens is 2. The van der Waals surface area contributed by atoms with Gasteiger partial charge in [0.25, 0.3) is 0 Å². The molecule has 1 aromatic heterocycles. The van der Waals surface area contributed by atoms with E-state index in [1.165, 1.54) is 0 Å². The molecule has 0 aliphatic rings. The highest BCUT2D eigenvalue weighted by Crippen LogP contribution is 2.25. The van der Waals surface area contributed by atoms with Gasteiger partial charge in [-0.1, -0.05) is 36.4 Å². The number of benzene rings is 2. The Bertz CT molecular complexity index is 917. The van der Waals surface area contributed by atoms with Crippen LogP contribution in [0.3, 0.4) is 0 Å². The second-order valence-corrected chi connectivity index (χ2v) is 6.58. The quantitative estimate of drug-likeness (QED) is 0.690. The lowest BCUT2D eigenvalue weighted by Crippen LogP contribution is -2.12. The molecule has 0 atom stereocenters. The van der Waals surface area contributed by atoms with Crippen LogP contribution in [0.25, 0.3) is 5.69 Å². The molecule has 0 radical (unpaired) electrons. The van der Waals surface area contributed by atoms with Crippen molar-refractivity contribution >= 4 is 10.1 Å². The Kier molecular flexibility index (Phi) is 3.92. The number of para-hydroxylation sites is 2. The van der Waals surface area contributed by atoms with E-state index in [-0.39, 0.29) is 10.6 Å². The molecule has 0 amide bonds. The molecule has 3 aromatic rings. The molecule has 5 nitrogen and oxygen atoms in total. The number of rotatable bonds is 4. The topological polar surface area (TPSA) is 61.2 Å². The maximum Gasteiger partial charge on any atom is 0.342 e. The van der Waals surface area contributed by atoms with Gasteiger partial charge in [-0.15, -0.1) is 0 Å². The molecule has 0 saturated carbocycles. The first-order valence-electron chi connectivity index (χ1n) is 7.10. The van der Waals surface area contributed by atoms with Gasteiger partial charge in [0.05, 0.1) is 17.1 Å². The van der Waals surface area contributed by atoms with E-state index in [0.717, 1.165) is 5.69 Å². The van der Waals surface area contributed by atoms with Crippen molar-refractivity contribution in [3.8, 4) is 11.4 Å². The zero-order valence-electron chi connectivity index (χ0n) is 12.8. The highest BCUT2D eigenvalue weighted by molar-refractivity contribution is 7.87. The van der Waals surface area contributed by atoms with Gasteiger partial charge in [0, 0.05) is 0 Å². The van der Waals surface area contributed by atoms with Crippen molar-refractivity contribution < 1.29 is 12.6 Å². The monoisotopic (exact) mass is 328 g/mol. The predicted octanol–water partition coefficient (Wildman–Crippen LogP) is 3.26. The SMILES string of the molecule is Cc1nn(-c2ccccc2)c(C)c1S(=O)(=O)Oc1ccccc1. The van der Waals surface area contributed by atoms with Crippen molar-refractivity contribution in [3.05, 3.63) is 72.1 Å². The Balaban J connectivity index is 2.05. The number of hydrogen-bond acceptors (Lipinski definition) is 4. The van der Waals surface area contributed by atoms with Gasteiger partial charge in [-0.2, -0.15) is 13.5 Å². The molecular formula is C17H16N2O3S. The van der Waals surface area contributed by atoms with Gasteiger partial charge in [0.15, 0.2) is 0 Å². The highest BCUT2D eigenvalue weighted by Gasteiger charge is 2.27. The van der Waals surface area contributed by atoms with Gasteiger partial charge in [-0.05, 0) is 38.1 Å². The van der Waals surface area contributed by atoms with Crippen LogP contribution in [0.15, 0.2) is 65.6 Å². The largest absolute Gasteiger partial charge is 0.379 e. The van der Waals surface area contributed by atoms with Crippen molar-refractivity contribution in [1.82, 2.24) is 9.78 Å². The van der Waals surface area contributed by atoms with Gasteiger partial charge >= 0.3 is 10.1 Å². The molecule has 2 aromatic carbocycles. The third kappa shape index (κ3) is 2.98. The Morgan fingerprint density at radius 2 is 1.48 bits per heavy atom. The minimum atomic E-state index is -3.95. The summed E-state index contributed by atoms with van der Waals surface area (Å²) < 4.78 is 32.1. The lowest BCUT2D eigenvalue weighted by molar-refractivity contribution is 0.485. The van der Waals surface area contributed by atoms with Gasteiger partial charge in [-0.3, -0.25) is 0 Å². The van der Waals surface area contributed by atoms with E-state index in [0.29, 0.717) is 11.4 Å². The van der Waals surface area contributed by atoms with E-state index in [4.69, 9.17) is 4.18 Å². The van der Waals surface area contributed by atoms with Crippen molar-refractivity contribution in [2.75, 3.05) is 0 Å². The highest BCUT2D eigenvalue weighted by atomic mass is 32.2. The Morgan fingerprint density at radius 3 is 2.09 bits per heavy atom. The molecule has 0 N–H and O–H groups in total. The zero-order chi connectivity index (χ0) is 16.4. The summed E-state index contributed by atoms with van der Waals surface area (Å²) in [6, 6.07) is 17.8. The van der Waals surface area contributed by atoms with Crippen molar-refractivity contribution in [1.29, 1.82) is 0 Å². The first-order valence-corrected chi connectivity index (χ1v) is 8.51. The Hall–Kier alpha value is -2.60. The normalized spacial score (nSPS) is 11.4. The third-order valence-electron chi connectivity index (χ3n) is 3.42. The molecular weight excluding hydrogens is 312 g/mol. The van der Waals surface area contributed by atoms with Gasteiger partial charge in [0.1, 0.15) is 10.6 Å². The van der Waals surface area contributed by atoms with Crippen LogP contribution in [0.4, 0.5) is 0 Å². The van der Waals surface area contributed by atoms with E-state index in [9.17, 15) is 8.42 Å². The summed E-state index contributed by atoms with van der Waals surface area (Å²) in [4.78, 5) is 0.102. The van der Waals surface area contributed by atoms with Crippen LogP contribution < -0.4 is 4.18 Å². The van der Waals surface area contributed by atoms with Crippen molar-refractivity contribution in [2.45, 2.75) is 18.7 Å². The lowest BCUT2D eigenvalue weighted by atomic mass is 10.3. The number of hydrogen-bond donors (Lipinski definition) is 0. The van der Waals surface area contributed by atoms with Crippen LogP contribution in [-0.2, 0) is 10.1 Å². The Labute approximate surface area is 135 Å². The van der Waals surface area contributed by atoms with Gasteiger partial charge < -0.3 is 4.18 Å². The predicted molar refractivity (Wildman–Crippen MR) is 87.3 cm³/mol. The maximum absolute atomic E-state index is 12.6. The first kappa shape index (κ1) is 15.3. The van der Waals surface area contributed by atoms with Crippen LogP contribution in [0.2, 0.25) is 0 Å². The second kappa shape index (κ2) is 5.89. The zero-order valence-corrected chi connectivity index (χ0v) is 13.6. The minimum Gasteiger partial charge on any atom is -0.379 e. The standard InChI is InChI=1S/C17H16N2O3S/c1-13-17(23(20,21)22-16-11-7-4-8-12-16)14(2)19(18-13)15-9-5-3-6-10-15/h3-12H,1-2H3. The van der Waals surface area contributed by atoms with Crippen molar-refractivity contribution in [2.24, 2.45) is 0 Å². The third-order valence-corrected chi connectivity index (χ3v) is 4.93. The van der Waals surface area contributed by atoms with Crippen LogP contribution >= 0.6 is 0 Å². The van der Waals surface area contributed by atoms with E-state index >= 15 is 0 Å². The smallest absolute Gasteiger partial charge is 0.342 e. The molecule has 23 heavy (non-hydrogen) atoms. The molecule has 0 fully saturated rings. The summed E-state index contributed by atoms with van der Waals surface area (Å²) in [6.07, 6.45) is 0. The molecule has 0 saturated heterocycles. The molecule has 0 aliphatic carbocycles. The minimum absolute atomic E-state index is 0.102. The van der Waals surface area contributed by atoms with Crippen LogP contribution in [0.1, 0.15) is 11.4 Å². The second-order valence-electron chi connectivity index (χ2n) is 5.10. The summed E-state index contributed by atoms with van der Waals surface area (Å²) in [5.74, 6) is 0.277. The van der Waals surface area contributed by atoms with Crippen LogP contribution in [-0.4, -0.2) is 18.2 Å². The number of nitrogens with zero attached hydrogens (tertiary/aromatic N) is 2. The lowest BCUT2D eigenvalue weighted by Gasteiger charge is -2.08. The molecule has 118 valence electrons. The summed E-state index contributed by atoms with van der Waals surface area (Å²) in [5, 5.41) is 4.35. The molecule has 6 heteroatoms. The maximum atomic E-state index is 12.6. The molecule has 0 bridgehead atoms. The van der Waals surface area contributed by atoms with E-state index < -0.39 is 10.1 Å². The summed E-state index contributed by atoms with van der Waals surface area (Å²) >= 11 is 0. The fourth-order valence-electron chi connectivity index (χ4n) is 2.46. The average Bonchev–Trinajstić information content (AvgIpc) is 2.84. The molecule has 0 unspecified atom stereocenters. The Morgan fingerprint density at radius 1 is 0.913 bits per heavy atom. The first-order chi connectivity index (χ1) is 11.0. The molecule has 3 rings (SSSR count). The fraction of sp³-hybridized carbons (Fsp3) is 0.118. The fourth-order valence-corrected chi connectivity index (χ4v) is 3.75. The summed E-state index contributed by atoms with van der Waals surface area (Å²) in [5.41, 5.74) is 1.72. The average molecular weight is 328 g/mol. The van der Waals surface area contributed by atoms with E-state index in [1.807, 2.05) is 30.3 Å². The summed E-state index contributed by atoms with van der Waals surface area (Å²) in [6.45, 7) is 3.38. The molecule has 0 spiro atoms. The number of aryl methyl sites for hydroxylation is 1. The van der Waals surface area contributed by atoms with Gasteiger partial charge in [0.2, 0.25) is 0 Å². The molecule has 0 aliphatic heterocycles. The van der Waals surface area contributed by atoms with E-state index in [2.05, 4.69) is 5.10 Å². The molecule has 1 heterocycles. The van der Waals surface area contributed by atoms with Gasteiger partial charge in [-0.25, -0.2) is 4.68 Å². The summed E-state index contributed by atoms with van der Waals surface area (Å²) in [7, 11) is -3.95. The van der Waals surface area contributed by atoms with E-state index in [1.54, 1.807) is 48.9 Å². The van der Waals surface area contributed by atoms with Crippen molar-refractivity contribution in [3.63, 3.8) is 0 Å². The van der Waals surface area contributed by atoms with Crippen LogP contribution in [0, 0.1) is 13.8 Å².